The van der Waals surface area contributed by atoms with Gasteiger partial charge in [0.25, 0.3) is 0 Å². The van der Waals surface area contributed by atoms with Gasteiger partial charge in [0.05, 0.1) is 12.7 Å². The SMILES string of the molecule is C=CCN(CC(=O)O)C(=O)NCCn1ccnn1. The highest BCUT2D eigenvalue weighted by Crippen LogP contribution is 1.90. The maximum atomic E-state index is 11.7. The highest BCUT2D eigenvalue weighted by molar-refractivity contribution is 5.80. The Morgan fingerprint density at radius 3 is 2.89 bits per heavy atom. The lowest BCUT2D eigenvalue weighted by atomic mass is 10.4. The van der Waals surface area contributed by atoms with Crippen molar-refractivity contribution in [2.45, 2.75) is 6.54 Å². The van der Waals surface area contributed by atoms with Crippen LogP contribution in [0.1, 0.15) is 0 Å². The molecule has 0 fully saturated rings. The van der Waals surface area contributed by atoms with Gasteiger partial charge in [0.1, 0.15) is 6.54 Å². The maximum absolute atomic E-state index is 11.7. The highest BCUT2D eigenvalue weighted by Gasteiger charge is 2.14. The van der Waals surface area contributed by atoms with Crippen LogP contribution in [0, 0.1) is 0 Å². The van der Waals surface area contributed by atoms with Crippen LogP contribution in [0.25, 0.3) is 0 Å². The zero-order valence-electron chi connectivity index (χ0n) is 9.82. The molecule has 0 aliphatic rings. The van der Waals surface area contributed by atoms with Gasteiger partial charge in [0.15, 0.2) is 0 Å². The van der Waals surface area contributed by atoms with Crippen LogP contribution in [0.5, 0.6) is 0 Å². The second-order valence-corrected chi connectivity index (χ2v) is 3.46. The molecule has 1 heterocycles. The quantitative estimate of drug-likeness (QED) is 0.642. The van der Waals surface area contributed by atoms with Gasteiger partial charge >= 0.3 is 12.0 Å². The third-order valence-electron chi connectivity index (χ3n) is 2.05. The number of aromatic nitrogens is 3. The Hall–Kier alpha value is -2.38. The van der Waals surface area contributed by atoms with E-state index in [1.54, 1.807) is 10.9 Å². The molecular weight excluding hydrogens is 238 g/mol. The topological polar surface area (TPSA) is 100 Å². The number of rotatable bonds is 7. The maximum Gasteiger partial charge on any atom is 0.323 e. The van der Waals surface area contributed by atoms with Crippen LogP contribution in [0.4, 0.5) is 4.79 Å². The molecule has 2 amide bonds. The number of aliphatic carboxylic acids is 1. The van der Waals surface area contributed by atoms with Crippen LogP contribution in [0.2, 0.25) is 0 Å². The summed E-state index contributed by atoms with van der Waals surface area (Å²) in [5.74, 6) is -1.07. The molecule has 0 aromatic carbocycles. The van der Waals surface area contributed by atoms with Crippen molar-refractivity contribution in [3.8, 4) is 0 Å². The lowest BCUT2D eigenvalue weighted by Gasteiger charge is -2.19. The lowest BCUT2D eigenvalue weighted by Crippen LogP contribution is -2.43. The predicted octanol–water partition coefficient (Wildman–Crippen LogP) is -0.440. The fraction of sp³-hybridized carbons (Fsp3) is 0.400. The van der Waals surface area contributed by atoms with Crippen molar-refractivity contribution in [2.75, 3.05) is 19.6 Å². The molecule has 0 unspecified atom stereocenters. The first-order valence-electron chi connectivity index (χ1n) is 5.33. The van der Waals surface area contributed by atoms with E-state index in [-0.39, 0.29) is 13.1 Å². The first kappa shape index (κ1) is 13.7. The summed E-state index contributed by atoms with van der Waals surface area (Å²) in [6.07, 6.45) is 4.68. The van der Waals surface area contributed by atoms with Gasteiger partial charge in [-0.05, 0) is 0 Å². The average molecular weight is 253 g/mol. The molecule has 0 bridgehead atoms. The number of hydrogen-bond acceptors (Lipinski definition) is 4. The predicted molar refractivity (Wildman–Crippen MR) is 62.8 cm³/mol. The highest BCUT2D eigenvalue weighted by atomic mass is 16.4. The van der Waals surface area contributed by atoms with Crippen molar-refractivity contribution in [1.29, 1.82) is 0 Å². The zero-order valence-corrected chi connectivity index (χ0v) is 9.82. The Morgan fingerprint density at radius 1 is 1.56 bits per heavy atom. The van der Waals surface area contributed by atoms with Crippen molar-refractivity contribution in [2.24, 2.45) is 0 Å². The number of hydrogen-bond donors (Lipinski definition) is 2. The minimum absolute atomic E-state index is 0.182. The van der Waals surface area contributed by atoms with E-state index in [9.17, 15) is 9.59 Å². The van der Waals surface area contributed by atoms with Gasteiger partial charge in [-0.2, -0.15) is 0 Å². The van der Waals surface area contributed by atoms with Gasteiger partial charge in [0.2, 0.25) is 0 Å². The third-order valence-corrected chi connectivity index (χ3v) is 2.05. The van der Waals surface area contributed by atoms with E-state index in [0.717, 1.165) is 4.90 Å². The fourth-order valence-corrected chi connectivity index (χ4v) is 1.28. The zero-order chi connectivity index (χ0) is 13.4. The summed E-state index contributed by atoms with van der Waals surface area (Å²) in [4.78, 5) is 23.4. The molecule has 0 saturated carbocycles. The number of carboxylic acids is 1. The van der Waals surface area contributed by atoms with E-state index in [0.29, 0.717) is 13.1 Å². The van der Waals surface area contributed by atoms with Gasteiger partial charge in [0, 0.05) is 19.3 Å². The van der Waals surface area contributed by atoms with Gasteiger partial charge in [-0.15, -0.1) is 11.7 Å². The molecule has 1 aromatic rings. The summed E-state index contributed by atoms with van der Waals surface area (Å²) in [5, 5.41) is 18.6. The number of carboxylic acid groups (broad SMARTS) is 1. The number of nitrogens with zero attached hydrogens (tertiary/aromatic N) is 4. The molecule has 1 aromatic heterocycles. The van der Waals surface area contributed by atoms with Gasteiger partial charge < -0.3 is 15.3 Å². The normalized spacial score (nSPS) is 9.78. The number of amides is 2. The first-order valence-corrected chi connectivity index (χ1v) is 5.33. The van der Waals surface area contributed by atoms with E-state index >= 15 is 0 Å². The molecule has 0 aliphatic heterocycles. The van der Waals surface area contributed by atoms with E-state index in [1.807, 2.05) is 0 Å². The van der Waals surface area contributed by atoms with Crippen molar-refractivity contribution in [3.63, 3.8) is 0 Å². The van der Waals surface area contributed by atoms with E-state index in [4.69, 9.17) is 5.11 Å². The van der Waals surface area contributed by atoms with Gasteiger partial charge in [-0.25, -0.2) is 4.79 Å². The summed E-state index contributed by atoms with van der Waals surface area (Å²) >= 11 is 0. The molecule has 0 aliphatic carbocycles. The summed E-state index contributed by atoms with van der Waals surface area (Å²) in [6.45, 7) is 4.11. The molecule has 0 spiro atoms. The first-order chi connectivity index (χ1) is 8.63. The largest absolute Gasteiger partial charge is 0.480 e. The summed E-state index contributed by atoms with van der Waals surface area (Å²) in [5.41, 5.74) is 0. The fourth-order valence-electron chi connectivity index (χ4n) is 1.28. The van der Waals surface area contributed by atoms with E-state index < -0.39 is 12.0 Å². The van der Waals surface area contributed by atoms with Gasteiger partial charge in [-0.3, -0.25) is 9.48 Å². The second kappa shape index (κ2) is 7.05. The van der Waals surface area contributed by atoms with Crippen molar-refractivity contribution >= 4 is 12.0 Å². The molecule has 0 atom stereocenters. The average Bonchev–Trinajstić information content (AvgIpc) is 2.81. The molecule has 8 nitrogen and oxygen atoms in total. The molecule has 8 heteroatoms. The lowest BCUT2D eigenvalue weighted by molar-refractivity contribution is -0.137. The molecule has 18 heavy (non-hydrogen) atoms. The van der Waals surface area contributed by atoms with Crippen LogP contribution in [0.15, 0.2) is 25.0 Å². The number of carbonyl (C=O) groups excluding carboxylic acids is 1. The minimum atomic E-state index is -1.07. The van der Waals surface area contributed by atoms with Crippen molar-refractivity contribution in [3.05, 3.63) is 25.0 Å². The molecule has 0 radical (unpaired) electrons. The van der Waals surface area contributed by atoms with Gasteiger partial charge in [-0.1, -0.05) is 11.3 Å². The van der Waals surface area contributed by atoms with Crippen LogP contribution < -0.4 is 5.32 Å². The van der Waals surface area contributed by atoms with Crippen LogP contribution >= 0.6 is 0 Å². The second-order valence-electron chi connectivity index (χ2n) is 3.46. The molecule has 1 rings (SSSR count). The Labute approximate surface area is 104 Å². The Bertz CT molecular complexity index is 404. The molecule has 2 N–H and O–H groups in total. The van der Waals surface area contributed by atoms with Crippen molar-refractivity contribution < 1.29 is 14.7 Å². The smallest absolute Gasteiger partial charge is 0.323 e. The Kier molecular flexibility index (Phi) is 5.36. The van der Waals surface area contributed by atoms with Crippen LogP contribution in [0.3, 0.4) is 0 Å². The summed E-state index contributed by atoms with van der Waals surface area (Å²) in [7, 11) is 0. The van der Waals surface area contributed by atoms with E-state index in [2.05, 4.69) is 22.2 Å². The number of urea groups is 1. The third kappa shape index (κ3) is 4.64. The van der Waals surface area contributed by atoms with Crippen LogP contribution in [-0.4, -0.2) is 56.6 Å². The monoisotopic (exact) mass is 253 g/mol. The molecule has 98 valence electrons. The number of carbonyl (C=O) groups is 2. The Morgan fingerprint density at radius 2 is 2.33 bits per heavy atom. The van der Waals surface area contributed by atoms with Crippen molar-refractivity contribution in [1.82, 2.24) is 25.2 Å². The summed E-state index contributed by atoms with van der Waals surface area (Å²) < 4.78 is 1.56. The minimum Gasteiger partial charge on any atom is -0.480 e. The molecular formula is C10H15N5O3. The Balaban J connectivity index is 2.36. The standard InChI is InChI=1S/C10H15N5O3/c1-2-5-14(8-9(16)17)10(18)11-3-6-15-7-4-12-13-15/h2,4,7H,1,3,5-6,8H2,(H,11,18)(H,16,17). The number of nitrogens with one attached hydrogen (secondary N) is 1. The summed E-state index contributed by atoms with van der Waals surface area (Å²) in [6, 6.07) is -0.447. The van der Waals surface area contributed by atoms with E-state index in [1.165, 1.54) is 12.3 Å². The van der Waals surface area contributed by atoms with Crippen LogP contribution in [-0.2, 0) is 11.3 Å². The molecule has 0 saturated heterocycles.